The Morgan fingerprint density at radius 2 is 1.94 bits per heavy atom. The van der Waals surface area contributed by atoms with Crippen molar-refractivity contribution >= 4 is 5.91 Å². The second-order valence-electron chi connectivity index (χ2n) is 5.62. The Bertz CT molecular complexity index is 410. The van der Waals surface area contributed by atoms with Crippen molar-refractivity contribution in [3.63, 3.8) is 0 Å². The minimum absolute atomic E-state index is 0.0758. The maximum absolute atomic E-state index is 12.0. The van der Waals surface area contributed by atoms with Gasteiger partial charge in [0.05, 0.1) is 0 Å². The monoisotopic (exact) mass is 246 g/mol. The molecule has 1 aliphatic rings. The summed E-state index contributed by atoms with van der Waals surface area (Å²) in [5.74, 6) is 0.541. The van der Waals surface area contributed by atoms with Crippen molar-refractivity contribution in [1.82, 2.24) is 5.32 Å². The van der Waals surface area contributed by atoms with Crippen LogP contribution in [0.4, 0.5) is 0 Å². The first kappa shape index (κ1) is 13.1. The standard InChI is InChI=1S/C15H22N2O/c1-11(2)15(8-9-15)10-17-14(18)13(16)12-6-4-3-5-7-12/h3-7,11,13H,8-10,16H2,1-2H3,(H,17,18)/t13-/m1/s1. The molecule has 0 aliphatic heterocycles. The SMILES string of the molecule is CC(C)C1(CNC(=O)[C@H](N)c2ccccc2)CC1. The lowest BCUT2D eigenvalue weighted by Crippen LogP contribution is -2.38. The molecule has 1 atom stereocenters. The predicted octanol–water partition coefficient (Wildman–Crippen LogP) is 2.24. The average Bonchev–Trinajstić information content (AvgIpc) is 3.17. The van der Waals surface area contributed by atoms with Crippen LogP contribution in [0, 0.1) is 11.3 Å². The van der Waals surface area contributed by atoms with Crippen molar-refractivity contribution in [2.75, 3.05) is 6.54 Å². The van der Waals surface area contributed by atoms with Crippen LogP contribution in [0.3, 0.4) is 0 Å². The zero-order valence-corrected chi connectivity index (χ0v) is 11.1. The van der Waals surface area contributed by atoms with E-state index in [0.717, 1.165) is 12.1 Å². The van der Waals surface area contributed by atoms with Gasteiger partial charge in [-0.1, -0.05) is 44.2 Å². The molecule has 1 aliphatic carbocycles. The molecule has 0 saturated heterocycles. The molecule has 1 amide bonds. The zero-order valence-electron chi connectivity index (χ0n) is 11.1. The lowest BCUT2D eigenvalue weighted by molar-refractivity contribution is -0.122. The fraction of sp³-hybridized carbons (Fsp3) is 0.533. The van der Waals surface area contributed by atoms with Crippen molar-refractivity contribution in [3.8, 4) is 0 Å². The molecule has 0 radical (unpaired) electrons. The molecular weight excluding hydrogens is 224 g/mol. The summed E-state index contributed by atoms with van der Waals surface area (Å²) in [6.45, 7) is 5.19. The van der Waals surface area contributed by atoms with Gasteiger partial charge in [0.1, 0.15) is 6.04 Å². The number of nitrogens with two attached hydrogens (primary N) is 1. The average molecular weight is 246 g/mol. The van der Waals surface area contributed by atoms with E-state index in [1.165, 1.54) is 12.8 Å². The van der Waals surface area contributed by atoms with Crippen LogP contribution in [0.1, 0.15) is 38.3 Å². The van der Waals surface area contributed by atoms with Crippen LogP contribution in [-0.2, 0) is 4.79 Å². The van der Waals surface area contributed by atoms with E-state index in [2.05, 4.69) is 19.2 Å². The summed E-state index contributed by atoms with van der Waals surface area (Å²) in [5.41, 5.74) is 7.14. The largest absolute Gasteiger partial charge is 0.354 e. The van der Waals surface area contributed by atoms with Gasteiger partial charge in [-0.2, -0.15) is 0 Å². The van der Waals surface area contributed by atoms with Gasteiger partial charge in [-0.05, 0) is 29.7 Å². The molecule has 0 heterocycles. The first-order valence-corrected chi connectivity index (χ1v) is 6.63. The Morgan fingerprint density at radius 1 is 1.33 bits per heavy atom. The fourth-order valence-corrected chi connectivity index (χ4v) is 2.30. The number of carbonyl (C=O) groups excluding carboxylic acids is 1. The number of hydrogen-bond donors (Lipinski definition) is 2. The number of carbonyl (C=O) groups is 1. The molecule has 1 saturated carbocycles. The van der Waals surface area contributed by atoms with Gasteiger partial charge in [0.25, 0.3) is 0 Å². The third kappa shape index (κ3) is 2.72. The summed E-state index contributed by atoms with van der Waals surface area (Å²) in [4.78, 5) is 12.0. The Balaban J connectivity index is 1.89. The Labute approximate surface area is 109 Å². The van der Waals surface area contributed by atoms with Crippen LogP contribution >= 0.6 is 0 Å². The molecule has 3 N–H and O–H groups in total. The topological polar surface area (TPSA) is 55.1 Å². The Morgan fingerprint density at radius 3 is 2.44 bits per heavy atom. The summed E-state index contributed by atoms with van der Waals surface area (Å²) in [6.07, 6.45) is 2.43. The second-order valence-corrected chi connectivity index (χ2v) is 5.62. The van der Waals surface area contributed by atoms with Crippen LogP contribution in [-0.4, -0.2) is 12.5 Å². The number of amides is 1. The molecule has 18 heavy (non-hydrogen) atoms. The van der Waals surface area contributed by atoms with Gasteiger partial charge in [0, 0.05) is 6.54 Å². The maximum Gasteiger partial charge on any atom is 0.241 e. The van der Waals surface area contributed by atoms with Gasteiger partial charge >= 0.3 is 0 Å². The molecule has 1 aromatic carbocycles. The normalized spacial score (nSPS) is 18.4. The van der Waals surface area contributed by atoms with Crippen molar-refractivity contribution in [1.29, 1.82) is 0 Å². The molecule has 0 bridgehead atoms. The minimum atomic E-state index is -0.561. The van der Waals surface area contributed by atoms with Gasteiger partial charge in [-0.25, -0.2) is 0 Å². The number of nitrogens with one attached hydrogen (secondary N) is 1. The Kier molecular flexibility index (Phi) is 3.71. The summed E-state index contributed by atoms with van der Waals surface area (Å²) < 4.78 is 0. The molecule has 0 spiro atoms. The quantitative estimate of drug-likeness (QED) is 0.837. The van der Waals surface area contributed by atoms with Crippen molar-refractivity contribution in [3.05, 3.63) is 35.9 Å². The summed E-state index contributed by atoms with van der Waals surface area (Å²) >= 11 is 0. The van der Waals surface area contributed by atoms with Gasteiger partial charge in [0.15, 0.2) is 0 Å². The van der Waals surface area contributed by atoms with Crippen LogP contribution in [0.15, 0.2) is 30.3 Å². The lowest BCUT2D eigenvalue weighted by atomic mass is 9.92. The van der Waals surface area contributed by atoms with E-state index in [9.17, 15) is 4.79 Å². The highest BCUT2D eigenvalue weighted by Crippen LogP contribution is 2.51. The summed E-state index contributed by atoms with van der Waals surface area (Å²) in [7, 11) is 0. The highest BCUT2D eigenvalue weighted by atomic mass is 16.2. The molecule has 98 valence electrons. The van der Waals surface area contributed by atoms with E-state index in [-0.39, 0.29) is 5.91 Å². The molecular formula is C15H22N2O. The smallest absolute Gasteiger partial charge is 0.241 e. The predicted molar refractivity (Wildman–Crippen MR) is 72.9 cm³/mol. The number of hydrogen-bond acceptors (Lipinski definition) is 2. The van der Waals surface area contributed by atoms with Crippen molar-refractivity contribution in [2.45, 2.75) is 32.7 Å². The van der Waals surface area contributed by atoms with Gasteiger partial charge < -0.3 is 11.1 Å². The van der Waals surface area contributed by atoms with Crippen LogP contribution in [0.2, 0.25) is 0 Å². The Hall–Kier alpha value is -1.35. The maximum atomic E-state index is 12.0. The summed E-state index contributed by atoms with van der Waals surface area (Å²) in [6, 6.07) is 8.94. The van der Waals surface area contributed by atoms with Gasteiger partial charge in [-0.3, -0.25) is 4.79 Å². The molecule has 2 rings (SSSR count). The van der Waals surface area contributed by atoms with Crippen LogP contribution in [0.25, 0.3) is 0 Å². The van der Waals surface area contributed by atoms with E-state index in [0.29, 0.717) is 11.3 Å². The van der Waals surface area contributed by atoms with E-state index in [1.54, 1.807) is 0 Å². The lowest BCUT2D eigenvalue weighted by Gasteiger charge is -2.21. The second kappa shape index (κ2) is 5.11. The molecule has 0 aromatic heterocycles. The third-order valence-electron chi connectivity index (χ3n) is 4.17. The van der Waals surface area contributed by atoms with E-state index in [4.69, 9.17) is 5.73 Å². The minimum Gasteiger partial charge on any atom is -0.354 e. The van der Waals surface area contributed by atoms with E-state index < -0.39 is 6.04 Å². The molecule has 1 fully saturated rings. The summed E-state index contributed by atoms with van der Waals surface area (Å²) in [5, 5.41) is 3.00. The first-order valence-electron chi connectivity index (χ1n) is 6.63. The fourth-order valence-electron chi connectivity index (χ4n) is 2.30. The van der Waals surface area contributed by atoms with Crippen LogP contribution in [0.5, 0.6) is 0 Å². The highest BCUT2D eigenvalue weighted by molar-refractivity contribution is 5.82. The van der Waals surface area contributed by atoms with Crippen molar-refractivity contribution < 1.29 is 4.79 Å². The number of rotatable bonds is 5. The molecule has 3 nitrogen and oxygen atoms in total. The molecule has 1 aromatic rings. The van der Waals surface area contributed by atoms with Crippen LogP contribution < -0.4 is 11.1 Å². The third-order valence-corrected chi connectivity index (χ3v) is 4.17. The number of benzene rings is 1. The highest BCUT2D eigenvalue weighted by Gasteiger charge is 2.45. The van der Waals surface area contributed by atoms with Crippen molar-refractivity contribution in [2.24, 2.45) is 17.1 Å². The first-order chi connectivity index (χ1) is 8.55. The zero-order chi connectivity index (χ0) is 13.2. The van der Waals surface area contributed by atoms with Gasteiger partial charge in [0.2, 0.25) is 5.91 Å². The van der Waals surface area contributed by atoms with Gasteiger partial charge in [-0.15, -0.1) is 0 Å². The van der Waals surface area contributed by atoms with E-state index >= 15 is 0 Å². The molecule has 0 unspecified atom stereocenters. The molecule has 3 heteroatoms. The van der Waals surface area contributed by atoms with E-state index in [1.807, 2.05) is 30.3 Å².